The highest BCUT2D eigenvalue weighted by atomic mass is 16.1. The zero-order chi connectivity index (χ0) is 22.2. The highest BCUT2D eigenvalue weighted by Crippen LogP contribution is 2.35. The molecular weight excluding hydrogens is 406 g/mol. The topological polar surface area (TPSA) is 116 Å². The number of rotatable bonds is 6. The van der Waals surface area contributed by atoms with E-state index in [1.807, 2.05) is 37.8 Å². The normalized spacial score (nSPS) is 13.5. The van der Waals surface area contributed by atoms with Gasteiger partial charge in [-0.3, -0.25) is 14.5 Å². The second-order valence-electron chi connectivity index (χ2n) is 8.23. The molecule has 4 aromatic heterocycles. The molecule has 5 rings (SSSR count). The third-order valence-corrected chi connectivity index (χ3v) is 5.37. The lowest BCUT2D eigenvalue weighted by atomic mass is 10.0. The Morgan fingerprint density at radius 1 is 1.22 bits per heavy atom. The molecule has 0 spiro atoms. The molecule has 1 aliphatic rings. The van der Waals surface area contributed by atoms with Crippen molar-refractivity contribution in [2.24, 2.45) is 0 Å². The average Bonchev–Trinajstić information content (AvgIpc) is 3.31. The highest BCUT2D eigenvalue weighted by Gasteiger charge is 2.24. The Morgan fingerprint density at radius 2 is 2.06 bits per heavy atom. The van der Waals surface area contributed by atoms with Crippen LogP contribution in [0.15, 0.2) is 42.9 Å². The van der Waals surface area contributed by atoms with Crippen LogP contribution in [-0.2, 0) is 0 Å². The van der Waals surface area contributed by atoms with Crippen LogP contribution in [0.3, 0.4) is 0 Å². The maximum Gasteiger partial charge on any atom is 0.275 e. The minimum atomic E-state index is -0.339. The van der Waals surface area contributed by atoms with Crippen molar-refractivity contribution in [3.05, 3.63) is 54.1 Å². The van der Waals surface area contributed by atoms with Gasteiger partial charge in [0.2, 0.25) is 5.82 Å². The van der Waals surface area contributed by atoms with E-state index in [2.05, 4.69) is 35.9 Å². The second kappa shape index (κ2) is 7.95. The molecule has 0 aliphatic heterocycles. The molecule has 0 radical (unpaired) electrons. The van der Waals surface area contributed by atoms with Crippen molar-refractivity contribution < 1.29 is 4.79 Å². The van der Waals surface area contributed by atoms with Gasteiger partial charge < -0.3 is 5.32 Å². The number of nitrogens with one attached hydrogen (secondary N) is 1. The van der Waals surface area contributed by atoms with Crippen molar-refractivity contribution in [3.8, 4) is 22.6 Å². The van der Waals surface area contributed by atoms with Gasteiger partial charge >= 0.3 is 0 Å². The lowest BCUT2D eigenvalue weighted by Crippen LogP contribution is -2.15. The summed E-state index contributed by atoms with van der Waals surface area (Å²) in [4.78, 5) is 21.8. The smallest absolute Gasteiger partial charge is 0.275 e. The Balaban J connectivity index is 1.39. The fourth-order valence-electron chi connectivity index (χ4n) is 3.49. The fourth-order valence-corrected chi connectivity index (χ4v) is 3.49. The van der Waals surface area contributed by atoms with E-state index in [4.69, 9.17) is 0 Å². The maximum absolute atomic E-state index is 12.9. The molecule has 0 saturated heterocycles. The molecule has 0 unspecified atom stereocenters. The van der Waals surface area contributed by atoms with Crippen LogP contribution in [0.2, 0.25) is 0 Å². The van der Waals surface area contributed by atoms with E-state index < -0.39 is 0 Å². The van der Waals surface area contributed by atoms with Crippen LogP contribution in [0, 0.1) is 6.92 Å². The number of hydrogen-bond acceptors (Lipinski definition) is 7. The van der Waals surface area contributed by atoms with Crippen LogP contribution in [0.1, 0.15) is 54.8 Å². The Morgan fingerprint density at radius 3 is 2.84 bits per heavy atom. The molecule has 0 aromatic carbocycles. The summed E-state index contributed by atoms with van der Waals surface area (Å²) in [7, 11) is 0. The van der Waals surface area contributed by atoms with Crippen molar-refractivity contribution in [2.75, 3.05) is 5.32 Å². The van der Waals surface area contributed by atoms with Crippen molar-refractivity contribution in [2.45, 2.75) is 45.7 Å². The van der Waals surface area contributed by atoms with Crippen molar-refractivity contribution >= 4 is 11.7 Å². The van der Waals surface area contributed by atoms with E-state index in [1.54, 1.807) is 35.1 Å². The quantitative estimate of drug-likeness (QED) is 0.499. The minimum absolute atomic E-state index is 0.0829. The van der Waals surface area contributed by atoms with Gasteiger partial charge in [-0.15, -0.1) is 5.10 Å². The molecule has 4 heterocycles. The molecule has 10 nitrogen and oxygen atoms in total. The summed E-state index contributed by atoms with van der Waals surface area (Å²) in [6.45, 7) is 5.95. The summed E-state index contributed by atoms with van der Waals surface area (Å²) in [5, 5.41) is 19.1. The van der Waals surface area contributed by atoms with Gasteiger partial charge in [0.05, 0.1) is 18.3 Å². The standard InChI is InChI=1S/C22H23N9O/c1-13(2)31-21(27-28-29-31)18-5-4-6-20(25-18)26-22(32)19-9-17(14(3)10-23-19)15-11-24-30(12-15)16-7-8-16/h4-6,9-13,16H,7-8H2,1-3H3,(H,25,26,32). The third-order valence-electron chi connectivity index (χ3n) is 5.37. The summed E-state index contributed by atoms with van der Waals surface area (Å²) in [6, 6.07) is 7.71. The zero-order valence-corrected chi connectivity index (χ0v) is 18.1. The molecule has 0 bridgehead atoms. The first-order chi connectivity index (χ1) is 15.5. The number of carbonyl (C=O) groups is 1. The van der Waals surface area contributed by atoms with Crippen LogP contribution < -0.4 is 5.32 Å². The lowest BCUT2D eigenvalue weighted by Gasteiger charge is -2.10. The van der Waals surface area contributed by atoms with E-state index in [1.165, 1.54) is 12.8 Å². The lowest BCUT2D eigenvalue weighted by molar-refractivity contribution is 0.102. The van der Waals surface area contributed by atoms with Crippen LogP contribution in [0.5, 0.6) is 0 Å². The van der Waals surface area contributed by atoms with E-state index in [0.717, 1.165) is 16.7 Å². The summed E-state index contributed by atoms with van der Waals surface area (Å²) in [5.74, 6) is 0.602. The average molecular weight is 429 g/mol. The molecule has 10 heteroatoms. The largest absolute Gasteiger partial charge is 0.305 e. The van der Waals surface area contributed by atoms with Crippen molar-refractivity contribution in [1.29, 1.82) is 0 Å². The van der Waals surface area contributed by atoms with E-state index in [0.29, 0.717) is 29.1 Å². The number of nitrogens with zero attached hydrogens (tertiary/aromatic N) is 8. The van der Waals surface area contributed by atoms with Gasteiger partial charge in [-0.25, -0.2) is 9.67 Å². The molecule has 162 valence electrons. The zero-order valence-electron chi connectivity index (χ0n) is 18.1. The number of tetrazole rings is 1. The number of pyridine rings is 2. The number of hydrogen-bond donors (Lipinski definition) is 1. The van der Waals surface area contributed by atoms with Gasteiger partial charge in [0.1, 0.15) is 17.2 Å². The first-order valence-corrected chi connectivity index (χ1v) is 10.6. The van der Waals surface area contributed by atoms with Gasteiger partial charge in [0, 0.05) is 18.0 Å². The number of aryl methyl sites for hydroxylation is 1. The number of aromatic nitrogens is 8. The SMILES string of the molecule is Cc1cnc(C(=O)Nc2cccc(-c3nnnn3C(C)C)n2)cc1-c1cnn(C2CC2)c1. The molecule has 1 aliphatic carbocycles. The van der Waals surface area contributed by atoms with Gasteiger partial charge in [0.25, 0.3) is 5.91 Å². The predicted octanol–water partition coefficient (Wildman–Crippen LogP) is 3.47. The van der Waals surface area contributed by atoms with Gasteiger partial charge in [-0.1, -0.05) is 6.07 Å². The third kappa shape index (κ3) is 3.86. The van der Waals surface area contributed by atoms with Gasteiger partial charge in [-0.2, -0.15) is 5.10 Å². The van der Waals surface area contributed by atoms with Crippen molar-refractivity contribution in [3.63, 3.8) is 0 Å². The molecule has 1 saturated carbocycles. The predicted molar refractivity (Wildman–Crippen MR) is 118 cm³/mol. The number of anilines is 1. The molecule has 1 amide bonds. The molecule has 0 atom stereocenters. The molecule has 1 fully saturated rings. The Bertz CT molecular complexity index is 1290. The van der Waals surface area contributed by atoms with Crippen molar-refractivity contribution in [1.82, 2.24) is 40.0 Å². The van der Waals surface area contributed by atoms with E-state index in [-0.39, 0.29) is 11.9 Å². The summed E-state index contributed by atoms with van der Waals surface area (Å²) in [6.07, 6.45) is 7.91. The second-order valence-corrected chi connectivity index (χ2v) is 8.23. The van der Waals surface area contributed by atoms with Crippen LogP contribution in [0.4, 0.5) is 5.82 Å². The van der Waals surface area contributed by atoms with E-state index in [9.17, 15) is 4.79 Å². The number of amides is 1. The first kappa shape index (κ1) is 20.0. The molecular formula is C22H23N9O. The minimum Gasteiger partial charge on any atom is -0.305 e. The monoisotopic (exact) mass is 429 g/mol. The van der Waals surface area contributed by atoms with Gasteiger partial charge in [-0.05, 0) is 73.4 Å². The fraction of sp³-hybridized carbons (Fsp3) is 0.318. The molecule has 4 aromatic rings. The first-order valence-electron chi connectivity index (χ1n) is 10.6. The summed E-state index contributed by atoms with van der Waals surface area (Å²) >= 11 is 0. The summed E-state index contributed by atoms with van der Waals surface area (Å²) < 4.78 is 3.68. The number of carbonyl (C=O) groups excluding carboxylic acids is 1. The molecule has 32 heavy (non-hydrogen) atoms. The van der Waals surface area contributed by atoms with Crippen LogP contribution >= 0.6 is 0 Å². The maximum atomic E-state index is 12.9. The van der Waals surface area contributed by atoms with Crippen LogP contribution in [0.25, 0.3) is 22.6 Å². The Labute approximate surface area is 184 Å². The summed E-state index contributed by atoms with van der Waals surface area (Å²) in [5.41, 5.74) is 3.79. The Kier molecular flexibility index (Phi) is 4.96. The van der Waals surface area contributed by atoms with Gasteiger partial charge in [0.15, 0.2) is 0 Å². The molecule has 1 N–H and O–H groups in total. The Hall–Kier alpha value is -3.95. The highest BCUT2D eigenvalue weighted by molar-refractivity contribution is 6.03. The van der Waals surface area contributed by atoms with E-state index >= 15 is 0 Å². The van der Waals surface area contributed by atoms with Crippen LogP contribution in [-0.4, -0.2) is 45.9 Å².